The fraction of sp³-hybridized carbons (Fsp3) is 0.400. The van der Waals surface area contributed by atoms with E-state index in [1.54, 1.807) is 6.08 Å². The van der Waals surface area contributed by atoms with Crippen molar-refractivity contribution < 1.29 is 19.7 Å². The molecule has 158 valence electrons. The van der Waals surface area contributed by atoms with Crippen molar-refractivity contribution >= 4 is 5.97 Å². The third-order valence-electron chi connectivity index (χ3n) is 4.11. The molecule has 0 aliphatic carbocycles. The molecule has 0 aromatic carbocycles. The molecule has 0 aromatic heterocycles. The van der Waals surface area contributed by atoms with Gasteiger partial charge in [-0.15, -0.1) is 0 Å². The van der Waals surface area contributed by atoms with Crippen LogP contribution in [0.15, 0.2) is 85.1 Å². The third kappa shape index (κ3) is 15.2. The highest BCUT2D eigenvalue weighted by molar-refractivity contribution is 5.66. The van der Waals surface area contributed by atoms with Crippen molar-refractivity contribution in [3.05, 3.63) is 85.1 Å². The summed E-state index contributed by atoms with van der Waals surface area (Å²) < 4.78 is 5.37. The molecule has 1 heterocycles. The third-order valence-corrected chi connectivity index (χ3v) is 4.11. The van der Waals surface area contributed by atoms with E-state index in [0.717, 1.165) is 19.3 Å². The number of allylic oxidation sites excluding steroid dienone is 11. The molecule has 0 amide bonds. The van der Waals surface area contributed by atoms with Crippen LogP contribution < -0.4 is 0 Å². The van der Waals surface area contributed by atoms with Crippen molar-refractivity contribution in [1.29, 1.82) is 0 Å². The van der Waals surface area contributed by atoms with Gasteiger partial charge < -0.3 is 14.9 Å². The Morgan fingerprint density at radius 2 is 1.62 bits per heavy atom. The Hall–Kier alpha value is -2.43. The number of epoxide rings is 1. The lowest BCUT2D eigenvalue weighted by atomic mass is 10.2. The summed E-state index contributed by atoms with van der Waals surface area (Å²) in [6.07, 6.45) is 31.7. The number of carbonyl (C=O) groups is 1. The van der Waals surface area contributed by atoms with E-state index in [4.69, 9.17) is 9.84 Å². The molecule has 3 atom stereocenters. The molecule has 2 N–H and O–H groups in total. The lowest BCUT2D eigenvalue weighted by Crippen LogP contribution is -1.98. The molecule has 0 bridgehead atoms. The number of ether oxygens (including phenoxy) is 1. The van der Waals surface area contributed by atoms with Crippen LogP contribution in [-0.2, 0) is 9.53 Å². The Morgan fingerprint density at radius 3 is 2.31 bits per heavy atom. The second-order valence-corrected chi connectivity index (χ2v) is 6.71. The Bertz CT molecular complexity index is 650. The van der Waals surface area contributed by atoms with Crippen LogP contribution in [0.2, 0.25) is 0 Å². The number of aliphatic hydroxyl groups excluding tert-OH is 1. The van der Waals surface area contributed by atoms with Crippen molar-refractivity contribution in [2.75, 3.05) is 0 Å². The largest absolute Gasteiger partial charge is 0.481 e. The molecule has 1 fully saturated rings. The number of carboxylic acid groups (broad SMARTS) is 1. The van der Waals surface area contributed by atoms with E-state index in [-0.39, 0.29) is 18.6 Å². The maximum atomic E-state index is 10.5. The fourth-order valence-corrected chi connectivity index (χ4v) is 2.46. The van der Waals surface area contributed by atoms with Gasteiger partial charge in [-0.3, -0.25) is 4.79 Å². The van der Waals surface area contributed by atoms with Gasteiger partial charge >= 0.3 is 5.97 Å². The zero-order chi connectivity index (χ0) is 21.2. The van der Waals surface area contributed by atoms with Gasteiger partial charge in [0.25, 0.3) is 0 Å². The average molecular weight is 399 g/mol. The van der Waals surface area contributed by atoms with Gasteiger partial charge in [0, 0.05) is 6.42 Å². The zero-order valence-corrected chi connectivity index (χ0v) is 17.3. The molecule has 4 heteroatoms. The molecule has 1 saturated heterocycles. The normalized spacial score (nSPS) is 21.3. The monoisotopic (exact) mass is 398 g/mol. The molecular weight excluding hydrogens is 364 g/mol. The van der Waals surface area contributed by atoms with Crippen molar-refractivity contribution in [3.63, 3.8) is 0 Å². The summed E-state index contributed by atoms with van der Waals surface area (Å²) in [5.74, 6) is -0.777. The van der Waals surface area contributed by atoms with Crippen LogP contribution in [0, 0.1) is 0 Å². The lowest BCUT2D eigenvalue weighted by Gasteiger charge is -1.98. The predicted molar refractivity (Wildman–Crippen MR) is 120 cm³/mol. The predicted octanol–water partition coefficient (Wildman–Crippen LogP) is 5.45. The summed E-state index contributed by atoms with van der Waals surface area (Å²) in [6, 6.07) is 0. The first kappa shape index (κ1) is 24.6. The zero-order valence-electron chi connectivity index (χ0n) is 17.3. The quantitative estimate of drug-likeness (QED) is 0.218. The van der Waals surface area contributed by atoms with Gasteiger partial charge in [0.1, 0.15) is 6.10 Å². The summed E-state index contributed by atoms with van der Waals surface area (Å²) in [5, 5.41) is 18.3. The number of carboxylic acids is 1. The van der Waals surface area contributed by atoms with E-state index < -0.39 is 12.1 Å². The first-order chi connectivity index (χ1) is 14.1. The molecule has 1 aliphatic heterocycles. The number of rotatable bonds is 15. The molecule has 1 aliphatic rings. The minimum atomic E-state index is -0.777. The molecule has 0 aromatic rings. The van der Waals surface area contributed by atoms with E-state index in [2.05, 4.69) is 37.3 Å². The second-order valence-electron chi connectivity index (χ2n) is 6.71. The lowest BCUT2D eigenvalue weighted by molar-refractivity contribution is -0.137. The Labute approximate surface area is 175 Å². The molecule has 0 radical (unpaired) electrons. The van der Waals surface area contributed by atoms with Gasteiger partial charge in [-0.05, 0) is 32.1 Å². The molecular formula is C25H34O4. The van der Waals surface area contributed by atoms with E-state index >= 15 is 0 Å². The Morgan fingerprint density at radius 1 is 0.931 bits per heavy atom. The van der Waals surface area contributed by atoms with Gasteiger partial charge in [0.05, 0.1) is 12.2 Å². The van der Waals surface area contributed by atoms with E-state index in [9.17, 15) is 9.90 Å². The van der Waals surface area contributed by atoms with Gasteiger partial charge in [-0.25, -0.2) is 0 Å². The van der Waals surface area contributed by atoms with Gasteiger partial charge in [-0.2, -0.15) is 0 Å². The number of hydrogen-bond donors (Lipinski definition) is 2. The standard InChI is InChI=1S/C25H34O4/c1-2-3-14-17-22(26)18-15-12-10-8-6-4-5-7-9-11-13-16-19-23-24(29-23)20-21-25(27)28/h3-4,6-7,9-16,18-19,22-24,26H,2,5,8,17,20-21H2,1H3,(H,27,28)/b6-4-,9-7-,12-10-,13-11+,14-3-,18-15+,19-16+/t22-,23?,24?/m1/s1. The fourth-order valence-electron chi connectivity index (χ4n) is 2.46. The maximum Gasteiger partial charge on any atom is 0.303 e. The van der Waals surface area contributed by atoms with Crippen molar-refractivity contribution in [2.45, 2.75) is 63.8 Å². The highest BCUT2D eigenvalue weighted by Gasteiger charge is 2.35. The van der Waals surface area contributed by atoms with Crippen molar-refractivity contribution in [2.24, 2.45) is 0 Å². The van der Waals surface area contributed by atoms with Crippen LogP contribution in [0.4, 0.5) is 0 Å². The highest BCUT2D eigenvalue weighted by Crippen LogP contribution is 2.27. The topological polar surface area (TPSA) is 70.1 Å². The number of aliphatic carboxylic acids is 1. The summed E-state index contributed by atoms with van der Waals surface area (Å²) in [4.78, 5) is 10.5. The summed E-state index contributed by atoms with van der Waals surface area (Å²) in [5.41, 5.74) is 0. The molecule has 2 unspecified atom stereocenters. The van der Waals surface area contributed by atoms with Gasteiger partial charge in [0.2, 0.25) is 0 Å². The minimum Gasteiger partial charge on any atom is -0.481 e. The highest BCUT2D eigenvalue weighted by atomic mass is 16.6. The van der Waals surface area contributed by atoms with Gasteiger partial charge in [-0.1, -0.05) is 92.0 Å². The first-order valence-corrected chi connectivity index (χ1v) is 10.3. The van der Waals surface area contributed by atoms with Crippen molar-refractivity contribution in [3.8, 4) is 0 Å². The van der Waals surface area contributed by atoms with Crippen LogP contribution in [0.25, 0.3) is 0 Å². The van der Waals surface area contributed by atoms with Crippen LogP contribution in [-0.4, -0.2) is 34.5 Å². The Balaban J connectivity index is 2.04. The van der Waals surface area contributed by atoms with E-state index in [1.165, 1.54) is 0 Å². The van der Waals surface area contributed by atoms with E-state index in [0.29, 0.717) is 12.8 Å². The first-order valence-electron chi connectivity index (χ1n) is 10.3. The summed E-state index contributed by atoms with van der Waals surface area (Å²) in [6.45, 7) is 2.08. The Kier molecular flexibility index (Phi) is 14.0. The van der Waals surface area contributed by atoms with Gasteiger partial charge in [0.15, 0.2) is 0 Å². The van der Waals surface area contributed by atoms with E-state index in [1.807, 2.05) is 48.6 Å². The molecule has 0 spiro atoms. The second kappa shape index (κ2) is 16.5. The van der Waals surface area contributed by atoms with Crippen LogP contribution in [0.5, 0.6) is 0 Å². The summed E-state index contributed by atoms with van der Waals surface area (Å²) in [7, 11) is 0. The molecule has 1 rings (SSSR count). The van der Waals surface area contributed by atoms with Crippen LogP contribution in [0.3, 0.4) is 0 Å². The van der Waals surface area contributed by atoms with Crippen LogP contribution in [0.1, 0.15) is 45.4 Å². The molecule has 4 nitrogen and oxygen atoms in total. The SMILES string of the molecule is CC/C=C\C[C@@H](O)/C=C/C=C\C/C=C\C\C=C/C=C/C=C/C1OC1CCC(=O)O. The smallest absolute Gasteiger partial charge is 0.303 e. The number of hydrogen-bond acceptors (Lipinski definition) is 3. The van der Waals surface area contributed by atoms with Crippen molar-refractivity contribution in [1.82, 2.24) is 0 Å². The minimum absolute atomic E-state index is 0.0639. The number of aliphatic hydroxyl groups is 1. The molecule has 0 saturated carbocycles. The molecule has 29 heavy (non-hydrogen) atoms. The van der Waals surface area contributed by atoms with Crippen LogP contribution >= 0.6 is 0 Å². The maximum absolute atomic E-state index is 10.5. The average Bonchev–Trinajstić information content (AvgIpc) is 3.45. The summed E-state index contributed by atoms with van der Waals surface area (Å²) >= 11 is 0.